The third kappa shape index (κ3) is 2.99. The molecule has 2 aliphatic rings. The summed E-state index contributed by atoms with van der Waals surface area (Å²) in [7, 11) is 0. The Hall–Kier alpha value is -1.31. The van der Waals surface area contributed by atoms with E-state index in [1.54, 1.807) is 0 Å². The van der Waals surface area contributed by atoms with Gasteiger partial charge in [0.25, 0.3) is 0 Å². The summed E-state index contributed by atoms with van der Waals surface area (Å²) in [6, 6.07) is 8.09. The van der Waals surface area contributed by atoms with Crippen LogP contribution in [0.25, 0.3) is 0 Å². The minimum absolute atomic E-state index is 0.0804. The molecule has 1 aromatic rings. The lowest BCUT2D eigenvalue weighted by atomic mass is 9.82. The van der Waals surface area contributed by atoms with Crippen molar-refractivity contribution in [1.82, 2.24) is 0 Å². The number of hydrogen-bond acceptors (Lipinski definition) is 2. The van der Waals surface area contributed by atoms with Crippen LogP contribution in [0.2, 0.25) is 0 Å². The van der Waals surface area contributed by atoms with Gasteiger partial charge in [-0.05, 0) is 24.0 Å². The molecule has 1 saturated carbocycles. The zero-order valence-corrected chi connectivity index (χ0v) is 11.4. The molecule has 2 heteroatoms. The molecular formula is C17H22O2. The van der Waals surface area contributed by atoms with Crippen LogP contribution in [0.4, 0.5) is 0 Å². The maximum absolute atomic E-state index is 12.4. The first kappa shape index (κ1) is 12.7. The standard InChI is InChI=1S/C17H22O2/c18-16(10-13-6-2-1-3-7-13)15-11-14-8-4-5-9-17(14)19-12-15/h4-5,8-9,13,15H,1-3,6-7,10-12H2. The van der Waals surface area contributed by atoms with E-state index < -0.39 is 0 Å². The van der Waals surface area contributed by atoms with Crippen molar-refractivity contribution in [1.29, 1.82) is 0 Å². The highest BCUT2D eigenvalue weighted by Crippen LogP contribution is 2.31. The van der Waals surface area contributed by atoms with Crippen molar-refractivity contribution in [2.45, 2.75) is 44.9 Å². The number of fused-ring (bicyclic) bond motifs is 1. The molecule has 3 rings (SSSR count). The maximum atomic E-state index is 12.4. The Kier molecular flexibility index (Phi) is 3.86. The third-order valence-electron chi connectivity index (χ3n) is 4.55. The quantitative estimate of drug-likeness (QED) is 0.824. The highest BCUT2D eigenvalue weighted by Gasteiger charge is 2.27. The summed E-state index contributed by atoms with van der Waals surface area (Å²) in [5.74, 6) is 2.10. The van der Waals surface area contributed by atoms with Crippen LogP contribution in [0.15, 0.2) is 24.3 Å². The Bertz CT molecular complexity index is 446. The van der Waals surface area contributed by atoms with Crippen molar-refractivity contribution in [2.24, 2.45) is 11.8 Å². The lowest BCUT2D eigenvalue weighted by molar-refractivity contribution is -0.125. The zero-order valence-electron chi connectivity index (χ0n) is 11.4. The highest BCUT2D eigenvalue weighted by molar-refractivity contribution is 5.82. The average Bonchev–Trinajstić information content (AvgIpc) is 2.48. The summed E-state index contributed by atoms with van der Waals surface area (Å²) >= 11 is 0. The number of hydrogen-bond donors (Lipinski definition) is 0. The van der Waals surface area contributed by atoms with Crippen molar-refractivity contribution >= 4 is 5.78 Å². The molecule has 1 atom stereocenters. The van der Waals surface area contributed by atoms with Crippen molar-refractivity contribution < 1.29 is 9.53 Å². The number of carbonyl (C=O) groups is 1. The predicted octanol–water partition coefficient (Wildman–Crippen LogP) is 3.78. The second-order valence-corrected chi connectivity index (χ2v) is 5.99. The van der Waals surface area contributed by atoms with Gasteiger partial charge in [-0.15, -0.1) is 0 Å². The molecule has 0 N–H and O–H groups in total. The fourth-order valence-electron chi connectivity index (χ4n) is 3.38. The van der Waals surface area contributed by atoms with Crippen LogP contribution in [0.5, 0.6) is 5.75 Å². The van der Waals surface area contributed by atoms with Crippen molar-refractivity contribution in [3.05, 3.63) is 29.8 Å². The topological polar surface area (TPSA) is 26.3 Å². The van der Waals surface area contributed by atoms with Gasteiger partial charge in [0.1, 0.15) is 11.5 Å². The molecule has 0 aromatic heterocycles. The van der Waals surface area contributed by atoms with Gasteiger partial charge in [-0.25, -0.2) is 0 Å². The minimum Gasteiger partial charge on any atom is -0.493 e. The van der Waals surface area contributed by atoms with Gasteiger partial charge in [0.2, 0.25) is 0 Å². The Morgan fingerprint density at radius 2 is 1.95 bits per heavy atom. The van der Waals surface area contributed by atoms with Gasteiger partial charge in [0.05, 0.1) is 12.5 Å². The molecule has 1 aromatic carbocycles. The summed E-state index contributed by atoms with van der Waals surface area (Å²) in [6.07, 6.45) is 8.10. The molecule has 2 nitrogen and oxygen atoms in total. The SMILES string of the molecule is O=C(CC1CCCCC1)C1COc2ccccc2C1. The van der Waals surface area contributed by atoms with Crippen molar-refractivity contribution in [3.8, 4) is 5.75 Å². The normalized spacial score (nSPS) is 23.5. The maximum Gasteiger partial charge on any atom is 0.139 e. The smallest absolute Gasteiger partial charge is 0.139 e. The Balaban J connectivity index is 1.59. The van der Waals surface area contributed by atoms with E-state index in [9.17, 15) is 4.79 Å². The van der Waals surface area contributed by atoms with Crippen LogP contribution in [-0.2, 0) is 11.2 Å². The molecule has 1 aliphatic heterocycles. The van der Waals surface area contributed by atoms with E-state index >= 15 is 0 Å². The fraction of sp³-hybridized carbons (Fsp3) is 0.588. The summed E-state index contributed by atoms with van der Waals surface area (Å²) < 4.78 is 5.73. The Labute approximate surface area is 115 Å². The molecular weight excluding hydrogens is 236 g/mol. The van der Waals surface area contributed by atoms with E-state index in [1.165, 1.54) is 37.7 Å². The van der Waals surface area contributed by atoms with E-state index in [0.717, 1.165) is 18.6 Å². The minimum atomic E-state index is 0.0804. The van der Waals surface area contributed by atoms with Crippen LogP contribution in [0.1, 0.15) is 44.1 Å². The van der Waals surface area contributed by atoms with E-state index in [-0.39, 0.29) is 5.92 Å². The van der Waals surface area contributed by atoms with Crippen LogP contribution in [0, 0.1) is 11.8 Å². The predicted molar refractivity (Wildman–Crippen MR) is 75.3 cm³/mol. The lowest BCUT2D eigenvalue weighted by Crippen LogP contribution is -2.29. The molecule has 1 fully saturated rings. The number of carbonyl (C=O) groups excluding carboxylic acids is 1. The second kappa shape index (κ2) is 5.77. The average molecular weight is 258 g/mol. The summed E-state index contributed by atoms with van der Waals surface area (Å²) in [6.45, 7) is 0.572. The number of benzene rings is 1. The largest absolute Gasteiger partial charge is 0.493 e. The molecule has 1 aliphatic carbocycles. The fourth-order valence-corrected chi connectivity index (χ4v) is 3.38. The Morgan fingerprint density at radius 3 is 2.79 bits per heavy atom. The molecule has 102 valence electrons. The zero-order chi connectivity index (χ0) is 13.1. The number of ketones is 1. The first-order valence-corrected chi connectivity index (χ1v) is 7.56. The third-order valence-corrected chi connectivity index (χ3v) is 4.55. The Morgan fingerprint density at radius 1 is 1.16 bits per heavy atom. The van der Waals surface area contributed by atoms with Crippen molar-refractivity contribution in [3.63, 3.8) is 0 Å². The first-order valence-electron chi connectivity index (χ1n) is 7.56. The number of para-hydroxylation sites is 1. The monoisotopic (exact) mass is 258 g/mol. The molecule has 1 unspecified atom stereocenters. The van der Waals surface area contributed by atoms with Crippen LogP contribution >= 0.6 is 0 Å². The molecule has 0 saturated heterocycles. The molecule has 0 spiro atoms. The van der Waals surface area contributed by atoms with Gasteiger partial charge in [0, 0.05) is 6.42 Å². The molecule has 0 bridgehead atoms. The first-order chi connectivity index (χ1) is 9.33. The van der Waals surface area contributed by atoms with E-state index in [1.807, 2.05) is 18.2 Å². The highest BCUT2D eigenvalue weighted by atomic mass is 16.5. The summed E-state index contributed by atoms with van der Waals surface area (Å²) in [5.41, 5.74) is 1.19. The van der Waals surface area contributed by atoms with Gasteiger partial charge in [-0.1, -0.05) is 50.3 Å². The molecule has 19 heavy (non-hydrogen) atoms. The van der Waals surface area contributed by atoms with Gasteiger partial charge < -0.3 is 4.74 Å². The van der Waals surface area contributed by atoms with Crippen molar-refractivity contribution in [2.75, 3.05) is 6.61 Å². The number of Topliss-reactive ketones (excluding diaryl/α,β-unsaturated/α-hetero) is 1. The van der Waals surface area contributed by atoms with Gasteiger partial charge in [-0.2, -0.15) is 0 Å². The molecule has 0 amide bonds. The number of ether oxygens (including phenoxy) is 1. The van der Waals surface area contributed by atoms with Gasteiger partial charge in [0.15, 0.2) is 0 Å². The summed E-state index contributed by atoms with van der Waals surface area (Å²) in [4.78, 5) is 12.4. The van der Waals surface area contributed by atoms with Crippen LogP contribution < -0.4 is 4.74 Å². The van der Waals surface area contributed by atoms with Gasteiger partial charge >= 0.3 is 0 Å². The summed E-state index contributed by atoms with van der Waals surface area (Å²) in [5, 5.41) is 0. The molecule has 1 heterocycles. The van der Waals surface area contributed by atoms with E-state index in [4.69, 9.17) is 4.74 Å². The van der Waals surface area contributed by atoms with Gasteiger partial charge in [-0.3, -0.25) is 4.79 Å². The number of rotatable bonds is 3. The second-order valence-electron chi connectivity index (χ2n) is 5.99. The molecule has 0 radical (unpaired) electrons. The van der Waals surface area contributed by atoms with Crippen LogP contribution in [-0.4, -0.2) is 12.4 Å². The van der Waals surface area contributed by atoms with E-state index in [2.05, 4.69) is 6.07 Å². The lowest BCUT2D eigenvalue weighted by Gasteiger charge is -2.27. The van der Waals surface area contributed by atoms with Crippen LogP contribution in [0.3, 0.4) is 0 Å². The van der Waals surface area contributed by atoms with E-state index in [0.29, 0.717) is 18.3 Å².